The highest BCUT2D eigenvalue weighted by Crippen LogP contribution is 2.24. The number of piperidine rings is 1. The van der Waals surface area contributed by atoms with E-state index in [2.05, 4.69) is 34.5 Å². The van der Waals surface area contributed by atoms with Gasteiger partial charge in [0.05, 0.1) is 7.11 Å². The van der Waals surface area contributed by atoms with Crippen molar-refractivity contribution in [1.29, 1.82) is 0 Å². The Labute approximate surface area is 128 Å². The molecule has 0 saturated carbocycles. The molecular weight excluding hydrogens is 260 g/mol. The minimum Gasteiger partial charge on any atom is -0.497 e. The Bertz CT molecular complexity index is 425. The molecular formula is C18H28N2O. The lowest BCUT2D eigenvalue weighted by Crippen LogP contribution is -2.50. The molecule has 3 rings (SSSR count). The zero-order valence-electron chi connectivity index (χ0n) is 13.2. The lowest BCUT2D eigenvalue weighted by Gasteiger charge is -2.39. The van der Waals surface area contributed by atoms with Gasteiger partial charge in [0.15, 0.2) is 0 Å². The zero-order valence-corrected chi connectivity index (χ0v) is 13.2. The van der Waals surface area contributed by atoms with Crippen LogP contribution in [0.5, 0.6) is 5.75 Å². The van der Waals surface area contributed by atoms with Gasteiger partial charge in [-0.15, -0.1) is 0 Å². The first kappa shape index (κ1) is 14.9. The lowest BCUT2D eigenvalue weighted by atomic mass is 9.94. The van der Waals surface area contributed by atoms with Crippen molar-refractivity contribution in [2.24, 2.45) is 0 Å². The van der Waals surface area contributed by atoms with Crippen molar-refractivity contribution in [2.45, 2.75) is 50.6 Å². The normalized spacial score (nSPS) is 26.9. The zero-order chi connectivity index (χ0) is 14.5. The van der Waals surface area contributed by atoms with Crippen molar-refractivity contribution >= 4 is 0 Å². The molecule has 2 heterocycles. The number of nitrogens with zero attached hydrogens (tertiary/aromatic N) is 1. The third-order valence-corrected chi connectivity index (χ3v) is 5.07. The van der Waals surface area contributed by atoms with Gasteiger partial charge in [-0.1, -0.05) is 18.6 Å². The van der Waals surface area contributed by atoms with Gasteiger partial charge in [-0.05, 0) is 62.9 Å². The average molecular weight is 288 g/mol. The summed E-state index contributed by atoms with van der Waals surface area (Å²) in [5.41, 5.74) is 1.42. The quantitative estimate of drug-likeness (QED) is 0.901. The highest BCUT2D eigenvalue weighted by Gasteiger charge is 2.31. The molecule has 2 aliphatic heterocycles. The Morgan fingerprint density at radius 2 is 2.00 bits per heavy atom. The molecule has 2 aliphatic rings. The molecule has 21 heavy (non-hydrogen) atoms. The Morgan fingerprint density at radius 1 is 1.14 bits per heavy atom. The summed E-state index contributed by atoms with van der Waals surface area (Å²) in [4.78, 5) is 2.73. The first-order valence-electron chi connectivity index (χ1n) is 8.47. The van der Waals surface area contributed by atoms with E-state index in [9.17, 15) is 0 Å². The molecule has 0 spiro atoms. The number of likely N-dealkylation sites (tertiary alicyclic amines) is 1. The monoisotopic (exact) mass is 288 g/mol. The maximum Gasteiger partial charge on any atom is 0.118 e. The van der Waals surface area contributed by atoms with Crippen LogP contribution in [0.25, 0.3) is 0 Å². The van der Waals surface area contributed by atoms with E-state index >= 15 is 0 Å². The van der Waals surface area contributed by atoms with Crippen molar-refractivity contribution in [3.8, 4) is 5.75 Å². The number of methoxy groups -OCH3 is 1. The van der Waals surface area contributed by atoms with Crippen molar-refractivity contribution in [2.75, 3.05) is 26.7 Å². The molecule has 3 nitrogen and oxygen atoms in total. The van der Waals surface area contributed by atoms with Gasteiger partial charge in [0.2, 0.25) is 0 Å². The van der Waals surface area contributed by atoms with Gasteiger partial charge in [0.1, 0.15) is 5.75 Å². The van der Waals surface area contributed by atoms with E-state index in [-0.39, 0.29) is 0 Å². The van der Waals surface area contributed by atoms with Gasteiger partial charge in [0.25, 0.3) is 0 Å². The molecule has 2 atom stereocenters. The lowest BCUT2D eigenvalue weighted by molar-refractivity contribution is 0.121. The largest absolute Gasteiger partial charge is 0.497 e. The summed E-state index contributed by atoms with van der Waals surface area (Å²) in [6.45, 7) is 3.68. The first-order chi connectivity index (χ1) is 10.4. The molecule has 0 bridgehead atoms. The highest BCUT2D eigenvalue weighted by molar-refractivity contribution is 5.27. The smallest absolute Gasteiger partial charge is 0.118 e. The first-order valence-corrected chi connectivity index (χ1v) is 8.47. The van der Waals surface area contributed by atoms with E-state index in [1.807, 2.05) is 0 Å². The fourth-order valence-corrected chi connectivity index (χ4v) is 3.85. The summed E-state index contributed by atoms with van der Waals surface area (Å²) in [6.07, 6.45) is 8.01. The molecule has 0 radical (unpaired) electrons. The van der Waals surface area contributed by atoms with E-state index in [4.69, 9.17) is 4.74 Å². The molecule has 2 saturated heterocycles. The van der Waals surface area contributed by atoms with Crippen LogP contribution in [0.2, 0.25) is 0 Å². The van der Waals surface area contributed by atoms with Gasteiger partial charge < -0.3 is 10.1 Å². The van der Waals surface area contributed by atoms with Crippen LogP contribution in [-0.4, -0.2) is 43.7 Å². The summed E-state index contributed by atoms with van der Waals surface area (Å²) < 4.78 is 5.23. The van der Waals surface area contributed by atoms with Crippen LogP contribution >= 0.6 is 0 Å². The van der Waals surface area contributed by atoms with E-state index in [0.717, 1.165) is 24.3 Å². The third-order valence-electron chi connectivity index (χ3n) is 5.07. The fraction of sp³-hybridized carbons (Fsp3) is 0.667. The summed E-state index contributed by atoms with van der Waals surface area (Å²) in [6, 6.07) is 10.0. The molecule has 1 N–H and O–H groups in total. The van der Waals surface area contributed by atoms with Crippen LogP contribution in [0.1, 0.15) is 37.7 Å². The number of ether oxygens (including phenoxy) is 1. The number of benzene rings is 1. The van der Waals surface area contributed by atoms with Crippen molar-refractivity contribution in [3.05, 3.63) is 29.8 Å². The highest BCUT2D eigenvalue weighted by atomic mass is 16.5. The molecule has 2 unspecified atom stereocenters. The van der Waals surface area contributed by atoms with E-state index in [1.54, 1.807) is 7.11 Å². The minimum absolute atomic E-state index is 0.737. The van der Waals surface area contributed by atoms with E-state index < -0.39 is 0 Å². The third kappa shape index (κ3) is 3.78. The predicted octanol–water partition coefficient (Wildman–Crippen LogP) is 2.84. The van der Waals surface area contributed by atoms with Crippen LogP contribution in [-0.2, 0) is 6.42 Å². The number of rotatable bonds is 5. The maximum atomic E-state index is 5.23. The second-order valence-corrected chi connectivity index (χ2v) is 6.40. The van der Waals surface area contributed by atoms with Crippen LogP contribution in [0, 0.1) is 0 Å². The van der Waals surface area contributed by atoms with Crippen molar-refractivity contribution < 1.29 is 4.74 Å². The van der Waals surface area contributed by atoms with E-state index in [1.165, 1.54) is 57.3 Å². The second kappa shape index (κ2) is 7.28. The summed E-state index contributed by atoms with van der Waals surface area (Å²) >= 11 is 0. The van der Waals surface area contributed by atoms with Gasteiger partial charge >= 0.3 is 0 Å². The van der Waals surface area contributed by atoms with E-state index in [0.29, 0.717) is 0 Å². The standard InChI is InChI=1S/C18H28N2O/c1-21-16-9-7-15(8-10-16)11-14-20-13-3-2-6-18(20)17-5-4-12-19-17/h7-10,17-19H,2-6,11-14H2,1H3. The Balaban J connectivity index is 1.56. The molecule has 0 aliphatic carbocycles. The minimum atomic E-state index is 0.737. The van der Waals surface area contributed by atoms with Crippen molar-refractivity contribution in [3.63, 3.8) is 0 Å². The number of hydrogen-bond donors (Lipinski definition) is 1. The molecule has 2 fully saturated rings. The topological polar surface area (TPSA) is 24.5 Å². The Morgan fingerprint density at radius 3 is 2.71 bits per heavy atom. The van der Waals surface area contributed by atoms with Crippen LogP contribution in [0.4, 0.5) is 0 Å². The number of hydrogen-bond acceptors (Lipinski definition) is 3. The maximum absolute atomic E-state index is 5.23. The summed E-state index contributed by atoms with van der Waals surface area (Å²) in [7, 11) is 1.72. The SMILES string of the molecule is COc1ccc(CCN2CCCCC2C2CCCN2)cc1. The van der Waals surface area contributed by atoms with Crippen LogP contribution in [0.3, 0.4) is 0 Å². The number of nitrogens with one attached hydrogen (secondary N) is 1. The van der Waals surface area contributed by atoms with Crippen molar-refractivity contribution in [1.82, 2.24) is 10.2 Å². The molecule has 116 valence electrons. The average Bonchev–Trinajstić information content (AvgIpc) is 3.08. The predicted molar refractivity (Wildman–Crippen MR) is 86.9 cm³/mol. The Kier molecular flexibility index (Phi) is 5.15. The Hall–Kier alpha value is -1.06. The van der Waals surface area contributed by atoms with Gasteiger partial charge in [0, 0.05) is 18.6 Å². The summed E-state index contributed by atoms with van der Waals surface area (Å²) in [5, 5.41) is 3.71. The summed E-state index contributed by atoms with van der Waals surface area (Å²) in [5.74, 6) is 0.949. The second-order valence-electron chi connectivity index (χ2n) is 6.40. The molecule has 1 aromatic rings. The molecule has 0 amide bonds. The van der Waals surface area contributed by atoms with Gasteiger partial charge in [-0.3, -0.25) is 4.90 Å². The fourth-order valence-electron chi connectivity index (χ4n) is 3.85. The molecule has 1 aromatic carbocycles. The van der Waals surface area contributed by atoms with Crippen LogP contribution in [0.15, 0.2) is 24.3 Å². The van der Waals surface area contributed by atoms with Gasteiger partial charge in [-0.25, -0.2) is 0 Å². The molecule has 0 aromatic heterocycles. The van der Waals surface area contributed by atoms with Gasteiger partial charge in [-0.2, -0.15) is 0 Å². The van der Waals surface area contributed by atoms with Crippen LogP contribution < -0.4 is 10.1 Å². The molecule has 3 heteroatoms.